The van der Waals surface area contributed by atoms with E-state index in [0.717, 1.165) is 31.0 Å². The fraction of sp³-hybridized carbons (Fsp3) is 1.00. The number of aliphatic hydroxyl groups is 1. The molecule has 0 fully saturated rings. The summed E-state index contributed by atoms with van der Waals surface area (Å²) in [7, 11) is -1.54. The van der Waals surface area contributed by atoms with Gasteiger partial charge >= 0.3 is 0 Å². The van der Waals surface area contributed by atoms with Gasteiger partial charge in [0.1, 0.15) is 0 Å². The molecule has 92 valence electrons. The number of hydrogen-bond acceptors (Lipinski definition) is 2. The van der Waals surface area contributed by atoms with E-state index in [2.05, 4.69) is 27.7 Å². The molecule has 0 bridgehead atoms. The van der Waals surface area contributed by atoms with Crippen LogP contribution in [0.5, 0.6) is 0 Å². The van der Waals surface area contributed by atoms with E-state index < -0.39 is 8.32 Å². The van der Waals surface area contributed by atoms with Crippen LogP contribution in [0.2, 0.25) is 18.1 Å². The van der Waals surface area contributed by atoms with E-state index in [-0.39, 0.29) is 12.2 Å². The Bertz CT molecular complexity index is 149. The van der Waals surface area contributed by atoms with Crippen LogP contribution in [0.25, 0.3) is 0 Å². The van der Waals surface area contributed by atoms with E-state index in [1.165, 1.54) is 0 Å². The third-order valence-corrected chi connectivity index (χ3v) is 8.25. The molecule has 1 N–H and O–H groups in total. The smallest absolute Gasteiger partial charge is 0.192 e. The van der Waals surface area contributed by atoms with E-state index in [9.17, 15) is 5.11 Å². The second-order valence-corrected chi connectivity index (χ2v) is 9.01. The van der Waals surface area contributed by atoms with Crippen molar-refractivity contribution in [3.63, 3.8) is 0 Å². The molecule has 0 amide bonds. The molecule has 0 aliphatic heterocycles. The topological polar surface area (TPSA) is 29.5 Å². The van der Waals surface area contributed by atoms with E-state index >= 15 is 0 Å². The van der Waals surface area contributed by atoms with Gasteiger partial charge in [-0.15, -0.1) is 0 Å². The Morgan fingerprint density at radius 1 is 0.933 bits per heavy atom. The summed E-state index contributed by atoms with van der Waals surface area (Å²) in [5.41, 5.74) is 0. The molecule has 2 atom stereocenters. The first-order valence-electron chi connectivity index (χ1n) is 6.44. The lowest BCUT2D eigenvalue weighted by atomic mass is 10.1. The molecule has 0 radical (unpaired) electrons. The molecule has 0 aromatic heterocycles. The van der Waals surface area contributed by atoms with Crippen LogP contribution in [0.15, 0.2) is 0 Å². The first-order valence-corrected chi connectivity index (χ1v) is 8.97. The molecule has 0 saturated heterocycles. The van der Waals surface area contributed by atoms with Gasteiger partial charge in [0.05, 0.1) is 12.2 Å². The average molecular weight is 232 g/mol. The van der Waals surface area contributed by atoms with Gasteiger partial charge in [-0.3, -0.25) is 0 Å². The van der Waals surface area contributed by atoms with Crippen molar-refractivity contribution in [2.45, 2.75) is 77.8 Å². The van der Waals surface area contributed by atoms with Crippen LogP contribution < -0.4 is 0 Å². The molecule has 0 aliphatic rings. The van der Waals surface area contributed by atoms with Crippen molar-refractivity contribution in [1.29, 1.82) is 0 Å². The molecule has 0 aliphatic carbocycles. The molecule has 15 heavy (non-hydrogen) atoms. The largest absolute Gasteiger partial charge is 0.411 e. The maximum Gasteiger partial charge on any atom is 0.192 e. The second-order valence-electron chi connectivity index (χ2n) is 4.28. The van der Waals surface area contributed by atoms with Gasteiger partial charge in [0.15, 0.2) is 8.32 Å². The summed E-state index contributed by atoms with van der Waals surface area (Å²) in [6.45, 7) is 10.8. The molecular weight excluding hydrogens is 204 g/mol. The van der Waals surface area contributed by atoms with Gasteiger partial charge in [0.2, 0.25) is 0 Å². The average Bonchev–Trinajstić information content (AvgIpc) is 2.31. The summed E-state index contributed by atoms with van der Waals surface area (Å²) in [6, 6.07) is 3.48. The summed E-state index contributed by atoms with van der Waals surface area (Å²) >= 11 is 0. The lowest BCUT2D eigenvalue weighted by Gasteiger charge is -2.34. The minimum Gasteiger partial charge on any atom is -0.411 e. The molecule has 0 unspecified atom stereocenters. The van der Waals surface area contributed by atoms with Crippen molar-refractivity contribution in [3.8, 4) is 0 Å². The lowest BCUT2D eigenvalue weighted by Crippen LogP contribution is -2.43. The van der Waals surface area contributed by atoms with Crippen LogP contribution in [0.1, 0.15) is 47.5 Å². The van der Waals surface area contributed by atoms with Gasteiger partial charge < -0.3 is 9.53 Å². The van der Waals surface area contributed by atoms with Crippen molar-refractivity contribution in [3.05, 3.63) is 0 Å². The lowest BCUT2D eigenvalue weighted by molar-refractivity contribution is 0.0249. The van der Waals surface area contributed by atoms with Crippen molar-refractivity contribution in [1.82, 2.24) is 0 Å². The van der Waals surface area contributed by atoms with Crippen LogP contribution in [0.4, 0.5) is 0 Å². The van der Waals surface area contributed by atoms with Gasteiger partial charge in [-0.2, -0.15) is 0 Å². The highest BCUT2D eigenvalue weighted by atomic mass is 28.4. The standard InChI is InChI=1S/C12H28O2Si/c1-6-11(13)12(7-2)14-15(8-3,9-4)10-5/h11-13H,6-10H2,1-5H3/t11-,12-/m1/s1. The molecule has 0 spiro atoms. The van der Waals surface area contributed by atoms with Crippen LogP contribution in [0.3, 0.4) is 0 Å². The number of rotatable bonds is 8. The van der Waals surface area contributed by atoms with E-state index in [4.69, 9.17) is 4.43 Å². The summed E-state index contributed by atoms with van der Waals surface area (Å²) < 4.78 is 6.28. The van der Waals surface area contributed by atoms with Gasteiger partial charge in [0, 0.05) is 0 Å². The maximum atomic E-state index is 9.86. The molecule has 0 heterocycles. The van der Waals surface area contributed by atoms with E-state index in [1.807, 2.05) is 6.92 Å². The quantitative estimate of drug-likeness (QED) is 0.648. The molecule has 0 aromatic rings. The normalized spacial score (nSPS) is 16.4. The Kier molecular flexibility index (Phi) is 7.48. The van der Waals surface area contributed by atoms with Crippen LogP contribution in [0, 0.1) is 0 Å². The number of hydrogen-bond donors (Lipinski definition) is 1. The third-order valence-electron chi connectivity index (χ3n) is 3.58. The maximum absolute atomic E-state index is 9.86. The second kappa shape index (κ2) is 7.42. The van der Waals surface area contributed by atoms with Crippen molar-refractivity contribution < 1.29 is 9.53 Å². The highest BCUT2D eigenvalue weighted by Crippen LogP contribution is 2.25. The van der Waals surface area contributed by atoms with Crippen molar-refractivity contribution in [2.24, 2.45) is 0 Å². The zero-order chi connectivity index (χ0) is 11.9. The molecular formula is C12H28O2Si. The Morgan fingerprint density at radius 2 is 1.40 bits per heavy atom. The summed E-state index contributed by atoms with van der Waals surface area (Å²) in [6.07, 6.45) is 1.48. The van der Waals surface area contributed by atoms with Gasteiger partial charge in [-0.05, 0) is 31.0 Å². The summed E-state index contributed by atoms with van der Waals surface area (Å²) in [5.74, 6) is 0. The first kappa shape index (κ1) is 15.1. The Morgan fingerprint density at radius 3 is 1.67 bits per heavy atom. The Balaban J connectivity index is 4.47. The fourth-order valence-electron chi connectivity index (χ4n) is 2.02. The van der Waals surface area contributed by atoms with Gasteiger partial charge in [-0.1, -0.05) is 34.6 Å². The molecule has 3 heteroatoms. The highest BCUT2D eigenvalue weighted by Gasteiger charge is 2.33. The third kappa shape index (κ3) is 4.25. The molecule has 2 nitrogen and oxygen atoms in total. The highest BCUT2D eigenvalue weighted by molar-refractivity contribution is 6.73. The zero-order valence-corrected chi connectivity index (χ0v) is 12.0. The molecule has 0 aromatic carbocycles. The molecule has 0 saturated carbocycles. The van der Waals surface area contributed by atoms with Crippen molar-refractivity contribution in [2.75, 3.05) is 0 Å². The Labute approximate surface area is 96.2 Å². The Hall–Kier alpha value is 0.137. The SMILES string of the molecule is CC[C@@H](O)[C@@H](CC)O[Si](CC)(CC)CC. The van der Waals surface area contributed by atoms with E-state index in [1.54, 1.807) is 0 Å². The van der Waals surface area contributed by atoms with Crippen LogP contribution in [-0.4, -0.2) is 25.6 Å². The predicted molar refractivity (Wildman–Crippen MR) is 68.7 cm³/mol. The zero-order valence-electron chi connectivity index (χ0n) is 11.0. The van der Waals surface area contributed by atoms with E-state index in [0.29, 0.717) is 0 Å². The fourth-order valence-corrected chi connectivity index (χ4v) is 4.98. The molecule has 0 rings (SSSR count). The summed E-state index contributed by atoms with van der Waals surface area (Å²) in [4.78, 5) is 0. The minimum atomic E-state index is -1.54. The van der Waals surface area contributed by atoms with Crippen LogP contribution in [-0.2, 0) is 4.43 Å². The summed E-state index contributed by atoms with van der Waals surface area (Å²) in [5, 5.41) is 9.86. The minimum absolute atomic E-state index is 0.0570. The van der Waals surface area contributed by atoms with Gasteiger partial charge in [-0.25, -0.2) is 0 Å². The van der Waals surface area contributed by atoms with Crippen molar-refractivity contribution >= 4 is 8.32 Å². The van der Waals surface area contributed by atoms with Crippen LogP contribution >= 0.6 is 0 Å². The number of aliphatic hydroxyl groups excluding tert-OH is 1. The predicted octanol–water partition coefficient (Wildman–Crippen LogP) is 3.56. The van der Waals surface area contributed by atoms with Gasteiger partial charge in [0.25, 0.3) is 0 Å². The monoisotopic (exact) mass is 232 g/mol. The first-order chi connectivity index (χ1) is 7.09.